The quantitative estimate of drug-likeness (QED) is 0.641. The van der Waals surface area contributed by atoms with Gasteiger partial charge in [-0.15, -0.1) is 0 Å². The van der Waals surface area contributed by atoms with E-state index >= 15 is 0 Å². The van der Waals surface area contributed by atoms with E-state index in [0.29, 0.717) is 6.42 Å². The topological polar surface area (TPSA) is 68.3 Å². The molecule has 0 aliphatic carbocycles. The fourth-order valence-corrected chi connectivity index (χ4v) is 2.02. The molecule has 0 saturated carbocycles. The van der Waals surface area contributed by atoms with Crippen molar-refractivity contribution in [2.24, 2.45) is 0 Å². The highest BCUT2D eigenvalue weighted by Gasteiger charge is 2.19. The fraction of sp³-hybridized carbons (Fsp3) is 0.286. The van der Waals surface area contributed by atoms with Gasteiger partial charge in [0.25, 0.3) is 12.1 Å². The van der Waals surface area contributed by atoms with Crippen LogP contribution >= 0.6 is 0 Å². The predicted octanol–water partition coefficient (Wildman–Crippen LogP) is 4.17. The molecule has 2 rings (SSSR count). The molecule has 1 aromatic heterocycles. The van der Waals surface area contributed by atoms with Crippen molar-refractivity contribution in [3.63, 3.8) is 0 Å². The normalized spacial score (nSPS) is 12.4. The van der Waals surface area contributed by atoms with Gasteiger partial charge in [-0.1, -0.05) is 0 Å². The number of furan rings is 1. The van der Waals surface area contributed by atoms with Gasteiger partial charge >= 0.3 is 0 Å². The molecule has 0 bridgehead atoms. The van der Waals surface area contributed by atoms with Gasteiger partial charge in [0, 0.05) is 35.8 Å². The summed E-state index contributed by atoms with van der Waals surface area (Å²) in [6.45, 7) is 1.82. The summed E-state index contributed by atoms with van der Waals surface area (Å²) in [5.74, 6) is 0.732. The Labute approximate surface area is 119 Å². The first-order valence-electron chi connectivity index (χ1n) is 6.32. The van der Waals surface area contributed by atoms with E-state index in [1.807, 2.05) is 6.92 Å². The zero-order chi connectivity index (χ0) is 15.4. The zero-order valence-electron chi connectivity index (χ0n) is 11.3. The molecule has 1 unspecified atom stereocenters. The SMILES string of the molecule is CC(Cc1ccco1)Nc1ccc([N+](=O)[O-])cc1C(F)F. The van der Waals surface area contributed by atoms with Crippen molar-refractivity contribution in [1.82, 2.24) is 0 Å². The first-order valence-corrected chi connectivity index (χ1v) is 6.32. The van der Waals surface area contributed by atoms with Gasteiger partial charge in [-0.2, -0.15) is 0 Å². The van der Waals surface area contributed by atoms with Crippen LogP contribution in [0.15, 0.2) is 41.0 Å². The van der Waals surface area contributed by atoms with Crippen LogP contribution in [0.3, 0.4) is 0 Å². The first-order chi connectivity index (χ1) is 9.97. The first kappa shape index (κ1) is 15.0. The fourth-order valence-electron chi connectivity index (χ4n) is 2.02. The Kier molecular flexibility index (Phi) is 4.52. The molecule has 1 N–H and O–H groups in total. The van der Waals surface area contributed by atoms with Gasteiger partial charge in [0.05, 0.1) is 11.2 Å². The maximum absolute atomic E-state index is 13.0. The molecule has 0 aliphatic heterocycles. The number of anilines is 1. The van der Waals surface area contributed by atoms with Crippen LogP contribution in [0.4, 0.5) is 20.2 Å². The van der Waals surface area contributed by atoms with E-state index in [1.54, 1.807) is 18.4 Å². The number of halogens is 2. The molecule has 21 heavy (non-hydrogen) atoms. The molecular weight excluding hydrogens is 282 g/mol. The largest absolute Gasteiger partial charge is 0.469 e. The molecule has 7 heteroatoms. The average molecular weight is 296 g/mol. The van der Waals surface area contributed by atoms with Gasteiger partial charge < -0.3 is 9.73 Å². The summed E-state index contributed by atoms with van der Waals surface area (Å²) in [5, 5.41) is 13.6. The van der Waals surface area contributed by atoms with E-state index in [0.717, 1.165) is 11.8 Å². The van der Waals surface area contributed by atoms with E-state index in [2.05, 4.69) is 5.32 Å². The van der Waals surface area contributed by atoms with Gasteiger partial charge in [0.2, 0.25) is 0 Å². The number of nitro benzene ring substituents is 1. The Bertz CT molecular complexity index is 615. The molecule has 0 spiro atoms. The van der Waals surface area contributed by atoms with Gasteiger partial charge in [-0.05, 0) is 25.1 Å². The number of non-ortho nitro benzene ring substituents is 1. The lowest BCUT2D eigenvalue weighted by molar-refractivity contribution is -0.385. The highest BCUT2D eigenvalue weighted by atomic mass is 19.3. The Hall–Kier alpha value is -2.44. The van der Waals surface area contributed by atoms with Crippen LogP contribution < -0.4 is 5.32 Å². The number of nitrogens with zero attached hydrogens (tertiary/aromatic N) is 1. The van der Waals surface area contributed by atoms with Crippen LogP contribution in [0, 0.1) is 10.1 Å². The smallest absolute Gasteiger partial charge is 0.270 e. The van der Waals surface area contributed by atoms with Gasteiger partial charge in [-0.3, -0.25) is 10.1 Å². The van der Waals surface area contributed by atoms with Crippen molar-refractivity contribution in [2.45, 2.75) is 25.8 Å². The summed E-state index contributed by atoms with van der Waals surface area (Å²) in [5.41, 5.74) is -0.542. The monoisotopic (exact) mass is 296 g/mol. The third-order valence-corrected chi connectivity index (χ3v) is 2.97. The van der Waals surface area contributed by atoms with Crippen LogP contribution in [0.2, 0.25) is 0 Å². The highest BCUT2D eigenvalue weighted by molar-refractivity contribution is 5.57. The predicted molar refractivity (Wildman–Crippen MR) is 73.6 cm³/mol. The van der Waals surface area contributed by atoms with Gasteiger partial charge in [0.1, 0.15) is 5.76 Å². The van der Waals surface area contributed by atoms with Crippen molar-refractivity contribution in [1.29, 1.82) is 0 Å². The van der Waals surface area contributed by atoms with E-state index in [4.69, 9.17) is 4.42 Å². The minimum atomic E-state index is -2.79. The Morgan fingerprint density at radius 2 is 2.14 bits per heavy atom. The highest BCUT2D eigenvalue weighted by Crippen LogP contribution is 2.31. The second-order valence-electron chi connectivity index (χ2n) is 4.66. The number of nitrogens with one attached hydrogen (secondary N) is 1. The standard InChI is InChI=1S/C14H14F2N2O3/c1-9(7-11-3-2-6-21-11)17-13-5-4-10(18(19)20)8-12(13)14(15)16/h2-6,8-9,14,17H,7H2,1H3. The molecular formula is C14H14F2N2O3. The second kappa shape index (κ2) is 6.34. The molecule has 2 aromatic rings. The minimum absolute atomic E-state index is 0.157. The maximum Gasteiger partial charge on any atom is 0.270 e. The van der Waals surface area contributed by atoms with E-state index in [-0.39, 0.29) is 23.0 Å². The third-order valence-electron chi connectivity index (χ3n) is 2.97. The van der Waals surface area contributed by atoms with E-state index < -0.39 is 11.3 Å². The number of hydrogen-bond donors (Lipinski definition) is 1. The van der Waals surface area contributed by atoms with Crippen LogP contribution in [0.1, 0.15) is 24.7 Å². The van der Waals surface area contributed by atoms with Crippen molar-refractivity contribution in [2.75, 3.05) is 5.32 Å². The summed E-state index contributed by atoms with van der Waals surface area (Å²) in [6, 6.07) is 6.79. The summed E-state index contributed by atoms with van der Waals surface area (Å²) < 4.78 is 31.2. The van der Waals surface area contributed by atoms with Crippen LogP contribution in [-0.2, 0) is 6.42 Å². The van der Waals surface area contributed by atoms with Crippen LogP contribution in [0.25, 0.3) is 0 Å². The number of rotatable bonds is 6. The van der Waals surface area contributed by atoms with E-state index in [1.165, 1.54) is 12.1 Å². The summed E-state index contributed by atoms with van der Waals surface area (Å²) in [7, 11) is 0. The number of alkyl halides is 2. The summed E-state index contributed by atoms with van der Waals surface area (Å²) in [4.78, 5) is 9.96. The van der Waals surface area contributed by atoms with Crippen molar-refractivity contribution in [3.8, 4) is 0 Å². The molecule has 0 amide bonds. The second-order valence-corrected chi connectivity index (χ2v) is 4.66. The molecule has 0 aliphatic rings. The molecule has 1 heterocycles. The lowest BCUT2D eigenvalue weighted by Gasteiger charge is -2.17. The lowest BCUT2D eigenvalue weighted by atomic mass is 10.1. The summed E-state index contributed by atoms with van der Waals surface area (Å²) >= 11 is 0. The van der Waals surface area contributed by atoms with Crippen LogP contribution in [-0.4, -0.2) is 11.0 Å². The van der Waals surface area contributed by atoms with Crippen LogP contribution in [0.5, 0.6) is 0 Å². The molecule has 0 radical (unpaired) electrons. The summed E-state index contributed by atoms with van der Waals surface area (Å²) in [6.07, 6.45) is -0.728. The molecule has 0 saturated heterocycles. The Morgan fingerprint density at radius 3 is 2.71 bits per heavy atom. The maximum atomic E-state index is 13.0. The van der Waals surface area contributed by atoms with E-state index in [9.17, 15) is 18.9 Å². The third kappa shape index (κ3) is 3.77. The molecule has 112 valence electrons. The Morgan fingerprint density at radius 1 is 1.38 bits per heavy atom. The number of hydrogen-bond acceptors (Lipinski definition) is 4. The number of nitro groups is 1. The molecule has 5 nitrogen and oxygen atoms in total. The van der Waals surface area contributed by atoms with Crippen molar-refractivity contribution >= 4 is 11.4 Å². The van der Waals surface area contributed by atoms with Gasteiger partial charge in [0.15, 0.2) is 0 Å². The molecule has 1 aromatic carbocycles. The number of benzene rings is 1. The average Bonchev–Trinajstić information content (AvgIpc) is 2.91. The van der Waals surface area contributed by atoms with Gasteiger partial charge in [-0.25, -0.2) is 8.78 Å². The Balaban J connectivity index is 2.16. The van der Waals surface area contributed by atoms with Crippen molar-refractivity contribution in [3.05, 3.63) is 58.0 Å². The molecule has 1 atom stereocenters. The minimum Gasteiger partial charge on any atom is -0.469 e. The molecule has 0 fully saturated rings. The zero-order valence-corrected chi connectivity index (χ0v) is 11.3. The van der Waals surface area contributed by atoms with Crippen molar-refractivity contribution < 1.29 is 18.1 Å². The lowest BCUT2D eigenvalue weighted by Crippen LogP contribution is -2.19.